The molecule has 0 radical (unpaired) electrons. The van der Waals surface area contributed by atoms with Crippen LogP contribution in [0.1, 0.15) is 84.6 Å². The first kappa shape index (κ1) is 43.5. The van der Waals surface area contributed by atoms with E-state index in [1.807, 2.05) is 28.2 Å². The number of anilines is 1. The number of amides is 3. The topological polar surface area (TPSA) is 146 Å². The third kappa shape index (κ3) is 12.0. The molecule has 1 spiro atoms. The number of fused-ring (bicyclic) bond motifs is 1. The number of benzene rings is 2. The molecule has 0 bridgehead atoms. The van der Waals surface area contributed by atoms with Crippen LogP contribution in [-0.2, 0) is 38.3 Å². The highest BCUT2D eigenvalue weighted by Gasteiger charge is 2.41. The number of aromatic nitrogens is 1. The van der Waals surface area contributed by atoms with E-state index < -0.39 is 0 Å². The summed E-state index contributed by atoms with van der Waals surface area (Å²) in [7, 11) is 0. The lowest BCUT2D eigenvalue weighted by molar-refractivity contribution is -0.134. The number of carbonyl (C=O) groups excluding carboxylic acids is 3. The number of phenolic OH excluding ortho intramolecular Hbond substituents is 1. The minimum Gasteiger partial charge on any atom is -0.506 e. The molecule has 1 aromatic heterocycles. The van der Waals surface area contributed by atoms with Crippen LogP contribution in [0.3, 0.4) is 0 Å². The van der Waals surface area contributed by atoms with E-state index in [0.29, 0.717) is 82.5 Å². The highest BCUT2D eigenvalue weighted by molar-refractivity contribution is 7.09. The largest absolute Gasteiger partial charge is 0.506 e. The molecule has 3 amide bonds. The normalized spacial score (nSPS) is 17.1. The molecule has 2 fully saturated rings. The van der Waals surface area contributed by atoms with Gasteiger partial charge in [-0.25, -0.2) is 4.98 Å². The number of nitrogens with zero attached hydrogens (tertiary/aromatic N) is 4. The first-order valence-corrected chi connectivity index (χ1v) is 22.0. The van der Waals surface area contributed by atoms with Crippen molar-refractivity contribution in [1.29, 1.82) is 0 Å². The fourth-order valence-electron chi connectivity index (χ4n) is 8.09. The Morgan fingerprint density at radius 3 is 2.59 bits per heavy atom. The first-order chi connectivity index (χ1) is 28.1. The Labute approximate surface area is 347 Å². The van der Waals surface area contributed by atoms with E-state index in [2.05, 4.69) is 58.6 Å². The number of thiazole rings is 1. The van der Waals surface area contributed by atoms with Crippen LogP contribution in [0.5, 0.6) is 11.5 Å². The number of piperidine rings is 1. The first-order valence-electron chi connectivity index (χ1n) is 21.1. The maximum atomic E-state index is 13.4. The molecular formula is C44H62N6O7S. The molecule has 14 heteroatoms. The van der Waals surface area contributed by atoms with Crippen molar-refractivity contribution in [2.24, 2.45) is 0 Å². The molecule has 58 heavy (non-hydrogen) atoms. The van der Waals surface area contributed by atoms with Gasteiger partial charge in [-0.15, -0.1) is 11.3 Å². The molecule has 4 heterocycles. The number of aryl methyl sites for hydroxylation is 1. The molecule has 2 aromatic carbocycles. The Kier molecular flexibility index (Phi) is 15.9. The van der Waals surface area contributed by atoms with E-state index in [1.165, 1.54) is 22.5 Å². The number of morpholine rings is 1. The van der Waals surface area contributed by atoms with Gasteiger partial charge in [0, 0.05) is 50.7 Å². The number of rotatable bonds is 20. The Bertz CT molecular complexity index is 1810. The smallest absolute Gasteiger partial charge is 0.273 e. The fourth-order valence-corrected chi connectivity index (χ4v) is 8.68. The Hall–Kier alpha value is -4.08. The minimum atomic E-state index is -0.284. The van der Waals surface area contributed by atoms with Crippen LogP contribution in [0.2, 0.25) is 0 Å². The lowest BCUT2D eigenvalue weighted by atomic mass is 9.89. The van der Waals surface area contributed by atoms with E-state index in [4.69, 9.17) is 14.2 Å². The van der Waals surface area contributed by atoms with Crippen LogP contribution in [0.25, 0.3) is 0 Å². The summed E-state index contributed by atoms with van der Waals surface area (Å²) in [6.45, 7) is 13.8. The van der Waals surface area contributed by atoms with Crippen molar-refractivity contribution in [2.75, 3.05) is 84.1 Å². The van der Waals surface area contributed by atoms with Gasteiger partial charge in [-0.2, -0.15) is 0 Å². The summed E-state index contributed by atoms with van der Waals surface area (Å²) in [5.41, 5.74) is 4.06. The molecule has 0 unspecified atom stereocenters. The number of hydrogen-bond acceptors (Lipinski definition) is 11. The van der Waals surface area contributed by atoms with Crippen molar-refractivity contribution in [1.82, 2.24) is 25.0 Å². The molecule has 3 aliphatic rings. The van der Waals surface area contributed by atoms with Crippen molar-refractivity contribution in [3.63, 3.8) is 0 Å². The van der Waals surface area contributed by atoms with E-state index in [1.54, 1.807) is 6.07 Å². The van der Waals surface area contributed by atoms with Crippen molar-refractivity contribution in [2.45, 2.75) is 90.2 Å². The van der Waals surface area contributed by atoms with E-state index in [9.17, 15) is 19.5 Å². The van der Waals surface area contributed by atoms with Gasteiger partial charge in [0.15, 0.2) is 12.4 Å². The zero-order chi connectivity index (χ0) is 40.9. The molecule has 13 nitrogen and oxygen atoms in total. The highest BCUT2D eigenvalue weighted by Crippen LogP contribution is 2.39. The summed E-state index contributed by atoms with van der Waals surface area (Å²) in [6.07, 6.45) is 7.77. The second-order valence-corrected chi connectivity index (χ2v) is 17.0. The Morgan fingerprint density at radius 2 is 1.84 bits per heavy atom. The van der Waals surface area contributed by atoms with Crippen molar-refractivity contribution >= 4 is 34.7 Å². The van der Waals surface area contributed by atoms with E-state index in [-0.39, 0.29) is 41.7 Å². The third-order valence-electron chi connectivity index (χ3n) is 11.6. The number of hydrogen-bond donors (Lipinski definition) is 3. The standard InChI is InChI=1S/C44H62N6O7S/c1-4-5-6-32(2)50(24-20-45-19-13-36-11-12-38(51)41-42(36)56-29-39(52)47-41)40(53)16-27-55-26-15-35-9-7-34(8-10-35)14-21-48-22-17-44(18-23-48)31-49(25-28-57-44)43(54)37-30-58-33(3)46-37/h7-12,30,32,45,51H,4-6,13-29,31H2,1-3H3,(H,47,52)/t32-/m1/s1. The number of nitrogens with one attached hydrogen (secondary N) is 2. The lowest BCUT2D eigenvalue weighted by Gasteiger charge is -2.47. The van der Waals surface area contributed by atoms with Gasteiger partial charge >= 0.3 is 0 Å². The number of carbonyl (C=O) groups is 3. The average molecular weight is 819 g/mol. The van der Waals surface area contributed by atoms with Gasteiger partial charge < -0.3 is 44.7 Å². The van der Waals surface area contributed by atoms with Crippen LogP contribution < -0.4 is 15.4 Å². The van der Waals surface area contributed by atoms with Crippen LogP contribution in [0.15, 0.2) is 41.8 Å². The number of phenols is 1. The second kappa shape index (κ2) is 21.3. The predicted molar refractivity (Wildman–Crippen MR) is 226 cm³/mol. The maximum Gasteiger partial charge on any atom is 0.273 e. The second-order valence-electron chi connectivity index (χ2n) is 15.9. The van der Waals surface area contributed by atoms with Crippen molar-refractivity contribution < 1.29 is 33.7 Å². The van der Waals surface area contributed by atoms with Gasteiger partial charge in [0.25, 0.3) is 11.8 Å². The van der Waals surface area contributed by atoms with Crippen LogP contribution >= 0.6 is 11.3 Å². The third-order valence-corrected chi connectivity index (χ3v) is 12.4. The molecule has 1 atom stereocenters. The van der Waals surface area contributed by atoms with Crippen LogP contribution in [0.4, 0.5) is 5.69 Å². The quantitative estimate of drug-likeness (QED) is 0.103. The van der Waals surface area contributed by atoms with Gasteiger partial charge in [-0.1, -0.05) is 50.1 Å². The minimum absolute atomic E-state index is 0.00868. The summed E-state index contributed by atoms with van der Waals surface area (Å²) in [5, 5.41) is 19.0. The van der Waals surface area contributed by atoms with Crippen molar-refractivity contribution in [3.05, 3.63) is 69.2 Å². The fraction of sp³-hybridized carbons (Fsp3) is 0.591. The molecular weight excluding hydrogens is 757 g/mol. The molecule has 0 saturated carbocycles. The maximum absolute atomic E-state index is 13.4. The van der Waals surface area contributed by atoms with Crippen LogP contribution in [-0.4, -0.2) is 133 Å². The number of ether oxygens (including phenoxy) is 3. The summed E-state index contributed by atoms with van der Waals surface area (Å²) in [5.74, 6) is 0.356. The van der Waals surface area contributed by atoms with Gasteiger partial charge in [0.2, 0.25) is 5.91 Å². The molecule has 0 aliphatic carbocycles. The van der Waals surface area contributed by atoms with E-state index >= 15 is 0 Å². The molecule has 2 saturated heterocycles. The summed E-state index contributed by atoms with van der Waals surface area (Å²) in [4.78, 5) is 49.0. The van der Waals surface area contributed by atoms with Crippen molar-refractivity contribution in [3.8, 4) is 11.5 Å². The molecule has 3 aliphatic heterocycles. The monoisotopic (exact) mass is 818 g/mol. The Morgan fingerprint density at radius 1 is 1.07 bits per heavy atom. The molecule has 3 aromatic rings. The number of aromatic hydroxyl groups is 1. The van der Waals surface area contributed by atoms with Gasteiger partial charge in [-0.05, 0) is 81.7 Å². The van der Waals surface area contributed by atoms with Crippen LogP contribution in [0, 0.1) is 6.92 Å². The van der Waals surface area contributed by atoms with Gasteiger partial charge in [0.1, 0.15) is 17.1 Å². The Balaban J connectivity index is 0.857. The zero-order valence-electron chi connectivity index (χ0n) is 34.6. The summed E-state index contributed by atoms with van der Waals surface area (Å²) < 4.78 is 17.9. The summed E-state index contributed by atoms with van der Waals surface area (Å²) >= 11 is 1.51. The zero-order valence-corrected chi connectivity index (χ0v) is 35.4. The average Bonchev–Trinajstić information content (AvgIpc) is 3.68. The van der Waals surface area contributed by atoms with Gasteiger partial charge in [0.05, 0.1) is 43.4 Å². The van der Waals surface area contributed by atoms with Gasteiger partial charge in [-0.3, -0.25) is 14.4 Å². The molecule has 3 N–H and O–H groups in total. The molecule has 316 valence electrons. The SMILES string of the molecule is CCCC[C@@H](C)N(CCNCCc1ccc(O)c2c1OCC(=O)N2)C(=O)CCOCCc1ccc(CCN2CCC3(CC2)CN(C(=O)c2csc(C)n2)CCO3)cc1. The van der Waals surface area contributed by atoms with E-state index in [0.717, 1.165) is 75.2 Å². The number of unbranched alkanes of at least 4 members (excludes halogenated alkanes) is 1. The summed E-state index contributed by atoms with van der Waals surface area (Å²) in [6, 6.07) is 12.3. The number of likely N-dealkylation sites (tertiary alicyclic amines) is 1. The lowest BCUT2D eigenvalue weighted by Crippen LogP contribution is -2.58. The predicted octanol–water partition coefficient (Wildman–Crippen LogP) is 5.23. The molecule has 6 rings (SSSR count). The highest BCUT2D eigenvalue weighted by atomic mass is 32.1.